The van der Waals surface area contributed by atoms with Crippen LogP contribution in [-0.2, 0) is 11.2 Å². The van der Waals surface area contributed by atoms with Gasteiger partial charge in [-0.2, -0.15) is 0 Å². The van der Waals surface area contributed by atoms with Gasteiger partial charge in [0, 0.05) is 0 Å². The van der Waals surface area contributed by atoms with E-state index in [9.17, 15) is 0 Å². The van der Waals surface area contributed by atoms with Crippen molar-refractivity contribution in [3.63, 3.8) is 0 Å². The maximum Gasteiger partial charge on any atom is 0.198 e. The Kier molecular flexibility index (Phi) is 4.63. The van der Waals surface area contributed by atoms with Crippen LogP contribution in [0, 0.1) is 0 Å². The number of benzene rings is 2. The van der Waals surface area contributed by atoms with E-state index >= 15 is 0 Å². The molecule has 2 atom stereocenters. The molecular weight excluding hydrogens is 280 g/mol. The van der Waals surface area contributed by atoms with Gasteiger partial charge in [0.05, 0.1) is 6.10 Å². The molecule has 1 heterocycles. The van der Waals surface area contributed by atoms with E-state index < -0.39 is 0 Å². The number of rotatable bonds is 6. The molecule has 2 aromatic rings. The molecule has 0 saturated carbocycles. The SMILES string of the molecule is S=C(Oc1ccccc1)[C@@H]1O[C@H]1CCCc1ccccc1. The summed E-state index contributed by atoms with van der Waals surface area (Å²) in [5.74, 6) is 0.779. The smallest absolute Gasteiger partial charge is 0.198 e. The molecule has 0 bridgehead atoms. The van der Waals surface area contributed by atoms with Gasteiger partial charge in [0.1, 0.15) is 5.75 Å². The maximum absolute atomic E-state index is 5.64. The Hall–Kier alpha value is -1.71. The average Bonchev–Trinajstić information content (AvgIpc) is 3.29. The zero-order chi connectivity index (χ0) is 14.5. The van der Waals surface area contributed by atoms with E-state index in [4.69, 9.17) is 21.7 Å². The first kappa shape index (κ1) is 14.2. The topological polar surface area (TPSA) is 21.8 Å². The van der Waals surface area contributed by atoms with Crippen LogP contribution in [0.4, 0.5) is 0 Å². The maximum atomic E-state index is 5.64. The normalized spacial score (nSPS) is 20.0. The summed E-state index contributed by atoms with van der Waals surface area (Å²) in [6.45, 7) is 0. The van der Waals surface area contributed by atoms with Crippen LogP contribution >= 0.6 is 12.2 Å². The number of aryl methyl sites for hydroxylation is 1. The van der Waals surface area contributed by atoms with Crippen LogP contribution in [0.5, 0.6) is 5.75 Å². The molecule has 2 aromatic carbocycles. The van der Waals surface area contributed by atoms with Crippen LogP contribution in [0.2, 0.25) is 0 Å². The van der Waals surface area contributed by atoms with Crippen LogP contribution in [0.3, 0.4) is 0 Å². The van der Waals surface area contributed by atoms with Gasteiger partial charge in [-0.25, -0.2) is 0 Å². The van der Waals surface area contributed by atoms with E-state index in [1.54, 1.807) is 0 Å². The largest absolute Gasteiger partial charge is 0.447 e. The van der Waals surface area contributed by atoms with Gasteiger partial charge in [-0.05, 0) is 49.2 Å². The molecule has 108 valence electrons. The standard InChI is InChI=1S/C18H18O2S/c21-18(19-15-11-5-2-6-12-15)17-16(20-17)13-7-10-14-8-3-1-4-9-14/h1-6,8-9,11-12,16-17H,7,10,13H2/t16-,17+/m0/s1. The first-order valence-electron chi connectivity index (χ1n) is 7.29. The van der Waals surface area contributed by atoms with Crippen molar-refractivity contribution in [2.75, 3.05) is 0 Å². The number of ether oxygens (including phenoxy) is 2. The van der Waals surface area contributed by atoms with E-state index in [1.165, 1.54) is 5.56 Å². The zero-order valence-corrected chi connectivity index (χ0v) is 12.6. The zero-order valence-electron chi connectivity index (χ0n) is 11.8. The van der Waals surface area contributed by atoms with Gasteiger partial charge in [-0.1, -0.05) is 48.5 Å². The summed E-state index contributed by atoms with van der Waals surface area (Å²) in [6, 6.07) is 20.1. The molecular formula is C18H18O2S. The van der Waals surface area contributed by atoms with E-state index in [-0.39, 0.29) is 12.2 Å². The molecule has 1 saturated heterocycles. The van der Waals surface area contributed by atoms with Crippen LogP contribution in [0.25, 0.3) is 0 Å². The molecule has 3 heteroatoms. The third-order valence-electron chi connectivity index (χ3n) is 3.57. The lowest BCUT2D eigenvalue weighted by molar-refractivity contribution is 0.371. The quantitative estimate of drug-likeness (QED) is 0.590. The summed E-state index contributed by atoms with van der Waals surface area (Å²) in [4.78, 5) is 0. The van der Waals surface area contributed by atoms with Gasteiger partial charge in [-0.15, -0.1) is 0 Å². The number of para-hydroxylation sites is 1. The number of epoxide rings is 1. The Bertz CT molecular complexity index is 583. The van der Waals surface area contributed by atoms with Crippen LogP contribution in [-0.4, -0.2) is 17.3 Å². The Morgan fingerprint density at radius 1 is 1.00 bits per heavy atom. The summed E-state index contributed by atoms with van der Waals surface area (Å²) < 4.78 is 11.3. The molecule has 3 rings (SSSR count). The van der Waals surface area contributed by atoms with Gasteiger partial charge in [0.25, 0.3) is 0 Å². The fourth-order valence-electron chi connectivity index (χ4n) is 2.38. The molecule has 1 fully saturated rings. The van der Waals surface area contributed by atoms with Gasteiger partial charge >= 0.3 is 0 Å². The van der Waals surface area contributed by atoms with Crippen molar-refractivity contribution < 1.29 is 9.47 Å². The fourth-order valence-corrected chi connectivity index (χ4v) is 2.69. The second kappa shape index (κ2) is 6.83. The van der Waals surface area contributed by atoms with Crippen molar-refractivity contribution in [2.24, 2.45) is 0 Å². The highest BCUT2D eigenvalue weighted by Crippen LogP contribution is 2.29. The Balaban J connectivity index is 1.39. The molecule has 0 unspecified atom stereocenters. The lowest BCUT2D eigenvalue weighted by atomic mass is 10.1. The van der Waals surface area contributed by atoms with Gasteiger partial charge in [0.2, 0.25) is 0 Å². The van der Waals surface area contributed by atoms with Crippen molar-refractivity contribution >= 4 is 17.3 Å². The highest BCUT2D eigenvalue weighted by Gasteiger charge is 2.43. The molecule has 0 radical (unpaired) electrons. The van der Waals surface area contributed by atoms with Gasteiger partial charge < -0.3 is 9.47 Å². The van der Waals surface area contributed by atoms with E-state index in [1.807, 2.05) is 36.4 Å². The number of thiocarbonyl (C=S) groups is 1. The van der Waals surface area contributed by atoms with Crippen LogP contribution in [0.1, 0.15) is 18.4 Å². The second-order valence-electron chi connectivity index (χ2n) is 5.21. The lowest BCUT2D eigenvalue weighted by Crippen LogP contribution is -2.14. The highest BCUT2D eigenvalue weighted by atomic mass is 32.1. The minimum Gasteiger partial charge on any atom is -0.447 e. The molecule has 0 aliphatic carbocycles. The van der Waals surface area contributed by atoms with Gasteiger partial charge in [-0.3, -0.25) is 0 Å². The summed E-state index contributed by atoms with van der Waals surface area (Å²) in [6.07, 6.45) is 3.43. The molecule has 1 aliphatic heterocycles. The predicted molar refractivity (Wildman–Crippen MR) is 87.7 cm³/mol. The molecule has 21 heavy (non-hydrogen) atoms. The summed E-state index contributed by atoms with van der Waals surface area (Å²) in [7, 11) is 0. The minimum absolute atomic E-state index is 0.0176. The molecule has 0 spiro atoms. The predicted octanol–water partition coefficient (Wildman–Crippen LogP) is 4.18. The molecule has 2 nitrogen and oxygen atoms in total. The first-order valence-corrected chi connectivity index (χ1v) is 7.70. The van der Waals surface area contributed by atoms with E-state index in [0.29, 0.717) is 5.05 Å². The lowest BCUT2D eigenvalue weighted by Gasteiger charge is -2.04. The molecule has 0 amide bonds. The molecule has 0 aromatic heterocycles. The van der Waals surface area contributed by atoms with Crippen LogP contribution < -0.4 is 4.74 Å². The fraction of sp³-hybridized carbons (Fsp3) is 0.278. The first-order chi connectivity index (χ1) is 10.3. The van der Waals surface area contributed by atoms with Crippen molar-refractivity contribution in [1.29, 1.82) is 0 Å². The van der Waals surface area contributed by atoms with Crippen molar-refractivity contribution in [3.05, 3.63) is 66.2 Å². The summed E-state index contributed by atoms with van der Waals surface area (Å²) in [5.41, 5.74) is 1.37. The van der Waals surface area contributed by atoms with Crippen molar-refractivity contribution in [2.45, 2.75) is 31.5 Å². The Labute approximate surface area is 130 Å². The third kappa shape index (κ3) is 4.13. The molecule has 0 N–H and O–H groups in total. The summed E-state index contributed by atoms with van der Waals surface area (Å²) >= 11 is 5.30. The monoisotopic (exact) mass is 298 g/mol. The van der Waals surface area contributed by atoms with Crippen LogP contribution in [0.15, 0.2) is 60.7 Å². The van der Waals surface area contributed by atoms with Crippen molar-refractivity contribution in [1.82, 2.24) is 0 Å². The Morgan fingerprint density at radius 3 is 2.38 bits per heavy atom. The van der Waals surface area contributed by atoms with E-state index in [0.717, 1.165) is 25.0 Å². The number of hydrogen-bond donors (Lipinski definition) is 0. The minimum atomic E-state index is -0.0176. The van der Waals surface area contributed by atoms with Crippen molar-refractivity contribution in [3.8, 4) is 5.75 Å². The molecule has 1 aliphatic rings. The highest BCUT2D eigenvalue weighted by molar-refractivity contribution is 7.80. The Morgan fingerprint density at radius 2 is 1.67 bits per heavy atom. The average molecular weight is 298 g/mol. The van der Waals surface area contributed by atoms with E-state index in [2.05, 4.69) is 24.3 Å². The summed E-state index contributed by atoms with van der Waals surface area (Å²) in [5, 5.41) is 0.547. The second-order valence-corrected chi connectivity index (χ2v) is 5.61. The number of hydrogen-bond acceptors (Lipinski definition) is 3. The third-order valence-corrected chi connectivity index (χ3v) is 3.89. The van der Waals surface area contributed by atoms with Gasteiger partial charge in [0.15, 0.2) is 11.2 Å².